The number of carbonyl (C=O) groups excluding carboxylic acids is 2. The number of nitrogens with one attached hydrogen (secondary N) is 1. The van der Waals surface area contributed by atoms with Crippen LogP contribution in [0.4, 0.5) is 0 Å². The highest BCUT2D eigenvalue weighted by Gasteiger charge is 2.20. The van der Waals surface area contributed by atoms with Crippen molar-refractivity contribution in [3.63, 3.8) is 0 Å². The van der Waals surface area contributed by atoms with Gasteiger partial charge in [-0.2, -0.15) is 0 Å². The van der Waals surface area contributed by atoms with Crippen molar-refractivity contribution in [3.05, 3.63) is 24.3 Å². The number of hydrogen-bond donors (Lipinski definition) is 3. The van der Waals surface area contributed by atoms with Crippen molar-refractivity contribution < 1.29 is 24.5 Å². The molecule has 0 aromatic heterocycles. The number of aliphatic hydroxyl groups excluding tert-OH is 2. The minimum Gasteiger partial charge on any atom is -0.466 e. The van der Waals surface area contributed by atoms with Crippen molar-refractivity contribution in [2.24, 2.45) is 0 Å². The number of allylic oxidation sites excluding steroid dienone is 4. The van der Waals surface area contributed by atoms with Crippen LogP contribution in [-0.4, -0.2) is 47.4 Å². The zero-order valence-corrected chi connectivity index (χ0v) is 41.6. The Bertz CT molecular complexity index is 966. The van der Waals surface area contributed by atoms with E-state index in [0.717, 1.165) is 44.9 Å². The Morgan fingerprint density at radius 3 is 1.19 bits per heavy atom. The van der Waals surface area contributed by atoms with Gasteiger partial charge in [0.25, 0.3) is 0 Å². The molecule has 0 heterocycles. The topological polar surface area (TPSA) is 95.9 Å². The highest BCUT2D eigenvalue weighted by molar-refractivity contribution is 5.76. The van der Waals surface area contributed by atoms with Gasteiger partial charge in [-0.1, -0.05) is 237 Å². The van der Waals surface area contributed by atoms with Crippen molar-refractivity contribution in [3.8, 4) is 0 Å². The Kier molecular flexibility index (Phi) is 50.6. The molecule has 1 amide bonds. The largest absolute Gasteiger partial charge is 0.466 e. The zero-order chi connectivity index (χ0) is 45.1. The smallest absolute Gasteiger partial charge is 0.305 e. The fourth-order valence-electron chi connectivity index (χ4n) is 8.44. The fourth-order valence-corrected chi connectivity index (χ4v) is 8.44. The molecule has 3 N–H and O–H groups in total. The third-order valence-corrected chi connectivity index (χ3v) is 12.7. The van der Waals surface area contributed by atoms with E-state index in [9.17, 15) is 19.8 Å². The number of rotatable bonds is 51. The molecule has 0 aromatic rings. The van der Waals surface area contributed by atoms with E-state index in [1.165, 1.54) is 218 Å². The molecule has 0 aliphatic heterocycles. The highest BCUT2D eigenvalue weighted by Crippen LogP contribution is 2.16. The average molecular weight is 874 g/mol. The summed E-state index contributed by atoms with van der Waals surface area (Å²) in [5.41, 5.74) is 0. The summed E-state index contributed by atoms with van der Waals surface area (Å²) in [7, 11) is 0. The molecule has 0 aliphatic carbocycles. The van der Waals surface area contributed by atoms with E-state index in [0.29, 0.717) is 25.9 Å². The first-order chi connectivity index (χ1) is 30.5. The van der Waals surface area contributed by atoms with E-state index in [4.69, 9.17) is 4.74 Å². The summed E-state index contributed by atoms with van der Waals surface area (Å²) >= 11 is 0. The van der Waals surface area contributed by atoms with E-state index in [1.54, 1.807) is 0 Å². The molecule has 0 aliphatic rings. The molecule has 0 bridgehead atoms. The van der Waals surface area contributed by atoms with Crippen molar-refractivity contribution in [2.75, 3.05) is 13.2 Å². The molecular weight excluding hydrogens is 767 g/mol. The van der Waals surface area contributed by atoms with Crippen molar-refractivity contribution in [2.45, 2.75) is 309 Å². The Morgan fingerprint density at radius 1 is 0.435 bits per heavy atom. The molecule has 0 spiro atoms. The molecular formula is C56H107NO5. The average Bonchev–Trinajstić information content (AvgIpc) is 3.27. The summed E-state index contributed by atoms with van der Waals surface area (Å²) in [6, 6.07) is -0.548. The lowest BCUT2D eigenvalue weighted by Gasteiger charge is -2.22. The third kappa shape index (κ3) is 47.8. The predicted molar refractivity (Wildman–Crippen MR) is 269 cm³/mol. The van der Waals surface area contributed by atoms with Crippen LogP contribution in [0.1, 0.15) is 296 Å². The van der Waals surface area contributed by atoms with Gasteiger partial charge in [0, 0.05) is 12.8 Å². The summed E-state index contributed by atoms with van der Waals surface area (Å²) in [5.74, 6) is -0.0510. The van der Waals surface area contributed by atoms with E-state index in [2.05, 4.69) is 43.5 Å². The number of hydrogen-bond acceptors (Lipinski definition) is 5. The molecule has 0 fully saturated rings. The summed E-state index contributed by atoms with van der Waals surface area (Å²) in [4.78, 5) is 24.4. The first kappa shape index (κ1) is 60.3. The van der Waals surface area contributed by atoms with Crippen LogP contribution in [0.2, 0.25) is 0 Å². The van der Waals surface area contributed by atoms with Gasteiger partial charge >= 0.3 is 5.97 Å². The maximum atomic E-state index is 12.5. The van der Waals surface area contributed by atoms with Crippen LogP contribution < -0.4 is 5.32 Å². The fraction of sp³-hybridized carbons (Fsp3) is 0.893. The molecule has 0 aromatic carbocycles. The summed E-state index contributed by atoms with van der Waals surface area (Å²) < 4.78 is 5.44. The summed E-state index contributed by atoms with van der Waals surface area (Å²) in [6.07, 6.45) is 61.6. The van der Waals surface area contributed by atoms with Gasteiger partial charge in [0.2, 0.25) is 5.91 Å². The molecule has 0 radical (unpaired) electrons. The van der Waals surface area contributed by atoms with Gasteiger partial charge in [0.15, 0.2) is 0 Å². The summed E-state index contributed by atoms with van der Waals surface area (Å²) in [6.45, 7) is 4.91. The predicted octanol–water partition coefficient (Wildman–Crippen LogP) is 16.7. The molecule has 2 unspecified atom stereocenters. The SMILES string of the molecule is CCCC/C=C\CCCCCCCC(=O)OCCCCCCCCCC/C=C\CCCCCCCCCC(=O)NC(CO)C(O)CCCCCCCCCCCCCCCCC. The lowest BCUT2D eigenvalue weighted by atomic mass is 10.0. The molecule has 366 valence electrons. The first-order valence-electron chi connectivity index (χ1n) is 27.6. The maximum Gasteiger partial charge on any atom is 0.305 e. The van der Waals surface area contributed by atoms with E-state index in [-0.39, 0.29) is 18.5 Å². The second-order valence-corrected chi connectivity index (χ2v) is 18.9. The molecule has 2 atom stereocenters. The van der Waals surface area contributed by atoms with Gasteiger partial charge < -0.3 is 20.3 Å². The second-order valence-electron chi connectivity index (χ2n) is 18.9. The Balaban J connectivity index is 3.45. The van der Waals surface area contributed by atoms with Gasteiger partial charge in [-0.25, -0.2) is 0 Å². The van der Waals surface area contributed by atoms with Gasteiger partial charge in [-0.15, -0.1) is 0 Å². The normalized spacial score (nSPS) is 12.8. The standard InChI is InChI=1S/C56H107NO5/c1-3-5-7-9-11-13-15-16-22-25-29-32-36-40-44-48-54(59)53(52-58)57-55(60)49-45-41-37-33-30-26-23-20-18-17-19-21-24-27-31-35-39-43-47-51-62-56(61)50-46-42-38-34-28-14-12-10-8-6-4-2/h10,12,17-18,53-54,58-59H,3-9,11,13-16,19-52H2,1-2H3,(H,57,60)/b12-10-,18-17-. The molecule has 6 nitrogen and oxygen atoms in total. The Morgan fingerprint density at radius 2 is 0.774 bits per heavy atom. The molecule has 0 saturated carbocycles. The Hall–Kier alpha value is -1.66. The lowest BCUT2D eigenvalue weighted by Crippen LogP contribution is -2.45. The van der Waals surface area contributed by atoms with Gasteiger partial charge in [0.05, 0.1) is 25.4 Å². The van der Waals surface area contributed by atoms with Crippen molar-refractivity contribution in [1.82, 2.24) is 5.32 Å². The number of carbonyl (C=O) groups is 2. The van der Waals surface area contributed by atoms with Gasteiger partial charge in [-0.05, 0) is 70.6 Å². The van der Waals surface area contributed by atoms with Crippen molar-refractivity contribution >= 4 is 11.9 Å². The molecule has 6 heteroatoms. The van der Waals surface area contributed by atoms with Crippen LogP contribution in [-0.2, 0) is 14.3 Å². The van der Waals surface area contributed by atoms with Gasteiger partial charge in [0.1, 0.15) is 0 Å². The van der Waals surface area contributed by atoms with Gasteiger partial charge in [-0.3, -0.25) is 9.59 Å². The molecule has 62 heavy (non-hydrogen) atoms. The number of esters is 1. The van der Waals surface area contributed by atoms with Crippen LogP contribution in [0, 0.1) is 0 Å². The van der Waals surface area contributed by atoms with Crippen molar-refractivity contribution in [1.29, 1.82) is 0 Å². The summed E-state index contributed by atoms with van der Waals surface area (Å²) in [5, 5.41) is 23.2. The maximum absolute atomic E-state index is 12.5. The third-order valence-electron chi connectivity index (χ3n) is 12.7. The molecule has 0 saturated heterocycles. The van der Waals surface area contributed by atoms with Crippen LogP contribution in [0.5, 0.6) is 0 Å². The van der Waals surface area contributed by atoms with E-state index >= 15 is 0 Å². The lowest BCUT2D eigenvalue weighted by molar-refractivity contribution is -0.143. The monoisotopic (exact) mass is 874 g/mol. The van der Waals surface area contributed by atoms with Crippen LogP contribution >= 0.6 is 0 Å². The first-order valence-corrected chi connectivity index (χ1v) is 27.6. The number of ether oxygens (including phenoxy) is 1. The number of aliphatic hydroxyl groups is 2. The highest BCUT2D eigenvalue weighted by atomic mass is 16.5. The molecule has 0 rings (SSSR count). The zero-order valence-electron chi connectivity index (χ0n) is 41.6. The van der Waals surface area contributed by atoms with Crippen LogP contribution in [0.3, 0.4) is 0 Å². The number of unbranched alkanes of at least 4 members (excludes halogenated alkanes) is 36. The van der Waals surface area contributed by atoms with E-state index < -0.39 is 12.1 Å². The minimum absolute atomic E-state index is 0.00719. The van der Waals surface area contributed by atoms with Crippen LogP contribution in [0.15, 0.2) is 24.3 Å². The van der Waals surface area contributed by atoms with E-state index in [1.807, 2.05) is 0 Å². The second kappa shape index (κ2) is 52.0. The quantitative estimate of drug-likeness (QED) is 0.0321. The number of amides is 1. The minimum atomic E-state index is -0.670. The van der Waals surface area contributed by atoms with Crippen LogP contribution in [0.25, 0.3) is 0 Å². The Labute approximate surface area is 386 Å².